The van der Waals surface area contributed by atoms with Gasteiger partial charge in [-0.1, -0.05) is 6.42 Å². The van der Waals surface area contributed by atoms with Crippen LogP contribution in [0.5, 0.6) is 17.4 Å². The minimum Gasteiger partial charge on any atom is -0.501 e. The molecular formula is C14H19N3O5. The second kappa shape index (κ2) is 7.60. The molecule has 0 unspecified atom stereocenters. The molecule has 1 fully saturated rings. The zero-order valence-corrected chi connectivity index (χ0v) is 12.1. The number of imide groups is 1. The number of carbonyl (C=O) groups is 2. The van der Waals surface area contributed by atoms with E-state index in [0.717, 1.165) is 25.7 Å². The second-order valence-electron chi connectivity index (χ2n) is 4.98. The smallest absolute Gasteiger partial charge is 0.420 e. The lowest BCUT2D eigenvalue weighted by Gasteiger charge is -2.23. The predicted molar refractivity (Wildman–Crippen MR) is 76.6 cm³/mol. The Morgan fingerprint density at radius 3 is 2.77 bits per heavy atom. The van der Waals surface area contributed by atoms with Crippen LogP contribution in [0.15, 0.2) is 12.3 Å². The van der Waals surface area contributed by atoms with E-state index in [4.69, 9.17) is 15.2 Å². The van der Waals surface area contributed by atoms with Crippen LogP contribution >= 0.6 is 0 Å². The Bertz CT molecular complexity index is 543. The first kappa shape index (κ1) is 16.0. The van der Waals surface area contributed by atoms with Gasteiger partial charge in [-0.2, -0.15) is 0 Å². The highest BCUT2D eigenvalue weighted by molar-refractivity contribution is 5.93. The number of nitrogens with one attached hydrogen (secondary N) is 1. The molecular weight excluding hydrogens is 290 g/mol. The van der Waals surface area contributed by atoms with Crippen LogP contribution in [0.2, 0.25) is 0 Å². The third-order valence-corrected chi connectivity index (χ3v) is 3.32. The molecule has 0 spiro atoms. The van der Waals surface area contributed by atoms with Crippen LogP contribution in [-0.2, 0) is 4.79 Å². The summed E-state index contributed by atoms with van der Waals surface area (Å²) in [6.45, 7) is -0.348. The number of hydrogen-bond donors (Lipinski definition) is 3. The molecule has 0 bridgehead atoms. The van der Waals surface area contributed by atoms with E-state index in [-0.39, 0.29) is 30.0 Å². The van der Waals surface area contributed by atoms with Gasteiger partial charge in [-0.3, -0.25) is 10.1 Å². The van der Waals surface area contributed by atoms with E-state index in [0.29, 0.717) is 0 Å². The first-order chi connectivity index (χ1) is 10.6. The van der Waals surface area contributed by atoms with Crippen LogP contribution < -0.4 is 20.5 Å². The zero-order valence-electron chi connectivity index (χ0n) is 12.1. The largest absolute Gasteiger partial charge is 0.501 e. The maximum absolute atomic E-state index is 11.4. The molecule has 4 N–H and O–H groups in total. The highest BCUT2D eigenvalue weighted by Crippen LogP contribution is 2.35. The molecule has 8 heteroatoms. The van der Waals surface area contributed by atoms with Gasteiger partial charge in [0.05, 0.1) is 12.6 Å². The summed E-state index contributed by atoms with van der Waals surface area (Å²) in [4.78, 5) is 26.2. The van der Waals surface area contributed by atoms with Crippen LogP contribution in [-0.4, -0.2) is 34.7 Å². The van der Waals surface area contributed by atoms with E-state index in [1.807, 2.05) is 5.32 Å². The number of rotatable bonds is 4. The van der Waals surface area contributed by atoms with E-state index in [1.54, 1.807) is 0 Å². The summed E-state index contributed by atoms with van der Waals surface area (Å²) in [5.74, 6) is -1.19. The Balaban J connectivity index is 2.01. The van der Waals surface area contributed by atoms with Crippen molar-refractivity contribution in [1.29, 1.82) is 0 Å². The number of hydrogen-bond acceptors (Lipinski definition) is 7. The fourth-order valence-corrected chi connectivity index (χ4v) is 2.23. The molecule has 0 aromatic carbocycles. The van der Waals surface area contributed by atoms with Crippen molar-refractivity contribution in [2.45, 2.75) is 38.2 Å². The van der Waals surface area contributed by atoms with Crippen molar-refractivity contribution in [2.75, 3.05) is 6.54 Å². The molecule has 0 saturated heterocycles. The lowest BCUT2D eigenvalue weighted by Crippen LogP contribution is -2.37. The Morgan fingerprint density at radius 2 is 2.09 bits per heavy atom. The SMILES string of the molecule is NCC(=O)NC(=O)Oc1nccc(OC2CCCCC2)c1O. The molecule has 1 aromatic rings. The number of pyridine rings is 1. The molecule has 2 rings (SSSR count). The van der Waals surface area contributed by atoms with Crippen molar-refractivity contribution in [2.24, 2.45) is 5.73 Å². The van der Waals surface area contributed by atoms with Crippen LogP contribution in [0.4, 0.5) is 4.79 Å². The van der Waals surface area contributed by atoms with Gasteiger partial charge in [-0.25, -0.2) is 9.78 Å². The number of amides is 2. The second-order valence-corrected chi connectivity index (χ2v) is 4.98. The minimum atomic E-state index is -1.06. The van der Waals surface area contributed by atoms with Gasteiger partial charge in [-0.15, -0.1) is 0 Å². The van der Waals surface area contributed by atoms with Gasteiger partial charge in [0.25, 0.3) is 5.88 Å². The van der Waals surface area contributed by atoms with Crippen molar-refractivity contribution >= 4 is 12.0 Å². The molecule has 0 atom stereocenters. The van der Waals surface area contributed by atoms with E-state index in [2.05, 4.69) is 4.98 Å². The van der Waals surface area contributed by atoms with Crippen LogP contribution in [0.1, 0.15) is 32.1 Å². The lowest BCUT2D eigenvalue weighted by atomic mass is 9.98. The lowest BCUT2D eigenvalue weighted by molar-refractivity contribution is -0.118. The number of nitrogens with zero attached hydrogens (tertiary/aromatic N) is 1. The molecule has 22 heavy (non-hydrogen) atoms. The van der Waals surface area contributed by atoms with Gasteiger partial charge >= 0.3 is 6.09 Å². The maximum atomic E-state index is 11.4. The summed E-state index contributed by atoms with van der Waals surface area (Å²) in [7, 11) is 0. The van der Waals surface area contributed by atoms with Crippen LogP contribution in [0.25, 0.3) is 0 Å². The summed E-state index contributed by atoms with van der Waals surface area (Å²) in [6.07, 6.45) is 5.52. The van der Waals surface area contributed by atoms with Crippen LogP contribution in [0, 0.1) is 0 Å². The number of carbonyl (C=O) groups excluding carboxylic acids is 2. The standard InChI is InChI=1S/C14H19N3O5/c15-8-11(18)17-14(20)22-13-12(19)10(6-7-16-13)21-9-4-2-1-3-5-9/h6-7,9,19H,1-5,8,15H2,(H,17,18,20). The molecule has 0 radical (unpaired) electrons. The average Bonchev–Trinajstić information content (AvgIpc) is 2.52. The number of aromatic hydroxyl groups is 1. The Morgan fingerprint density at radius 1 is 1.36 bits per heavy atom. The quantitative estimate of drug-likeness (QED) is 0.760. The maximum Gasteiger partial charge on any atom is 0.420 e. The molecule has 8 nitrogen and oxygen atoms in total. The molecule has 1 aliphatic rings. The molecule has 2 amide bonds. The van der Waals surface area contributed by atoms with Gasteiger partial charge in [0.2, 0.25) is 11.7 Å². The number of ether oxygens (including phenoxy) is 2. The summed E-state index contributed by atoms with van der Waals surface area (Å²) in [5.41, 5.74) is 5.07. The summed E-state index contributed by atoms with van der Waals surface area (Å²) >= 11 is 0. The van der Waals surface area contributed by atoms with Crippen molar-refractivity contribution in [3.8, 4) is 17.4 Å². The highest BCUT2D eigenvalue weighted by Gasteiger charge is 2.20. The normalized spacial score (nSPS) is 15.1. The van der Waals surface area contributed by atoms with Gasteiger partial charge in [0.15, 0.2) is 5.75 Å². The number of aromatic nitrogens is 1. The van der Waals surface area contributed by atoms with Crippen molar-refractivity contribution in [1.82, 2.24) is 10.3 Å². The summed E-state index contributed by atoms with van der Waals surface area (Å²) in [5, 5.41) is 11.9. The van der Waals surface area contributed by atoms with Crippen molar-refractivity contribution in [3.05, 3.63) is 12.3 Å². The molecule has 1 saturated carbocycles. The van der Waals surface area contributed by atoms with E-state index in [1.165, 1.54) is 18.7 Å². The average molecular weight is 309 g/mol. The molecule has 0 aliphatic heterocycles. The minimum absolute atomic E-state index is 0.0301. The Kier molecular flexibility index (Phi) is 5.54. The van der Waals surface area contributed by atoms with Crippen LogP contribution in [0.3, 0.4) is 0 Å². The zero-order chi connectivity index (χ0) is 15.9. The Labute approximate surface area is 127 Å². The number of nitrogens with two attached hydrogens (primary N) is 1. The van der Waals surface area contributed by atoms with Gasteiger partial charge in [0, 0.05) is 12.3 Å². The van der Waals surface area contributed by atoms with Crippen molar-refractivity contribution < 1.29 is 24.2 Å². The summed E-state index contributed by atoms with van der Waals surface area (Å²) < 4.78 is 10.5. The van der Waals surface area contributed by atoms with Gasteiger partial charge < -0.3 is 20.3 Å². The van der Waals surface area contributed by atoms with Gasteiger partial charge in [0.1, 0.15) is 0 Å². The highest BCUT2D eigenvalue weighted by atomic mass is 16.6. The first-order valence-electron chi connectivity index (χ1n) is 7.16. The van der Waals surface area contributed by atoms with Crippen molar-refractivity contribution in [3.63, 3.8) is 0 Å². The molecule has 1 aromatic heterocycles. The van der Waals surface area contributed by atoms with E-state index in [9.17, 15) is 14.7 Å². The monoisotopic (exact) mass is 309 g/mol. The fourth-order valence-electron chi connectivity index (χ4n) is 2.23. The first-order valence-corrected chi connectivity index (χ1v) is 7.16. The fraction of sp³-hybridized carbons (Fsp3) is 0.500. The molecule has 1 aliphatic carbocycles. The predicted octanol–water partition coefficient (Wildman–Crippen LogP) is 1.07. The Hall–Kier alpha value is -2.35. The van der Waals surface area contributed by atoms with Gasteiger partial charge in [-0.05, 0) is 25.7 Å². The van der Waals surface area contributed by atoms with E-state index < -0.39 is 12.0 Å². The third kappa shape index (κ3) is 4.32. The van der Waals surface area contributed by atoms with E-state index >= 15 is 0 Å². The third-order valence-electron chi connectivity index (χ3n) is 3.32. The summed E-state index contributed by atoms with van der Waals surface area (Å²) in [6, 6.07) is 1.50. The molecule has 1 heterocycles. The topological polar surface area (TPSA) is 124 Å². The molecule has 120 valence electrons.